The van der Waals surface area contributed by atoms with Crippen molar-refractivity contribution in [1.29, 1.82) is 0 Å². The van der Waals surface area contributed by atoms with Crippen LogP contribution in [0.2, 0.25) is 0 Å². The molecule has 1 aromatic heterocycles. The van der Waals surface area contributed by atoms with Crippen LogP contribution in [0.15, 0.2) is 41.3 Å². The van der Waals surface area contributed by atoms with E-state index in [1.807, 2.05) is 17.8 Å². The van der Waals surface area contributed by atoms with Gasteiger partial charge in [-0.15, -0.1) is 23.1 Å². The molecular formula is C15H14OS2. The number of aliphatic hydroxyl groups excluding tert-OH is 1. The minimum absolute atomic E-state index is 0.0782. The topological polar surface area (TPSA) is 20.2 Å². The van der Waals surface area contributed by atoms with Crippen molar-refractivity contribution in [2.24, 2.45) is 0 Å². The Bertz CT molecular complexity index is 575. The standard InChI is InChI=1S/C15H14OS2/c1-12-5-2-3-7-15(12)17-11-14-9-8-13(18-14)6-4-10-16/h2-3,5,7-9,16H,10-11H2,1H3. The second kappa shape index (κ2) is 6.65. The van der Waals surface area contributed by atoms with E-state index in [1.165, 1.54) is 15.3 Å². The highest BCUT2D eigenvalue weighted by atomic mass is 32.2. The van der Waals surface area contributed by atoms with Gasteiger partial charge in [0.1, 0.15) is 6.61 Å². The highest BCUT2D eigenvalue weighted by Gasteiger charge is 2.01. The lowest BCUT2D eigenvalue weighted by molar-refractivity contribution is 0.350. The van der Waals surface area contributed by atoms with E-state index in [1.54, 1.807) is 11.3 Å². The smallest absolute Gasteiger partial charge is 0.104 e. The predicted molar refractivity (Wildman–Crippen MR) is 79.0 cm³/mol. The van der Waals surface area contributed by atoms with Crippen molar-refractivity contribution in [3.8, 4) is 11.8 Å². The number of aryl methyl sites for hydroxylation is 1. The van der Waals surface area contributed by atoms with Crippen LogP contribution in [-0.4, -0.2) is 11.7 Å². The van der Waals surface area contributed by atoms with Crippen LogP contribution < -0.4 is 0 Å². The molecule has 1 heterocycles. The highest BCUT2D eigenvalue weighted by molar-refractivity contribution is 7.98. The summed E-state index contributed by atoms with van der Waals surface area (Å²) in [6.45, 7) is 2.06. The molecule has 0 radical (unpaired) electrons. The van der Waals surface area contributed by atoms with Crippen LogP contribution in [0.1, 0.15) is 15.3 Å². The molecule has 0 bridgehead atoms. The van der Waals surface area contributed by atoms with Crippen molar-refractivity contribution in [2.75, 3.05) is 6.61 Å². The first kappa shape index (κ1) is 13.2. The van der Waals surface area contributed by atoms with Crippen molar-refractivity contribution < 1.29 is 5.11 Å². The maximum absolute atomic E-state index is 8.64. The zero-order valence-electron chi connectivity index (χ0n) is 10.1. The average Bonchev–Trinajstić information content (AvgIpc) is 2.83. The van der Waals surface area contributed by atoms with Crippen LogP contribution in [0, 0.1) is 18.8 Å². The first-order valence-electron chi connectivity index (χ1n) is 5.66. The molecule has 0 amide bonds. The zero-order valence-corrected chi connectivity index (χ0v) is 11.8. The van der Waals surface area contributed by atoms with Crippen LogP contribution in [0.4, 0.5) is 0 Å². The quantitative estimate of drug-likeness (QED) is 0.680. The molecule has 0 saturated carbocycles. The third kappa shape index (κ3) is 3.64. The number of benzene rings is 1. The van der Waals surface area contributed by atoms with Gasteiger partial charge in [-0.3, -0.25) is 0 Å². The Morgan fingerprint density at radius 1 is 1.22 bits per heavy atom. The van der Waals surface area contributed by atoms with Crippen LogP contribution >= 0.6 is 23.1 Å². The molecule has 3 heteroatoms. The van der Waals surface area contributed by atoms with Gasteiger partial charge in [0.15, 0.2) is 0 Å². The summed E-state index contributed by atoms with van der Waals surface area (Å²) < 4.78 is 0. The van der Waals surface area contributed by atoms with Gasteiger partial charge in [0.2, 0.25) is 0 Å². The maximum Gasteiger partial charge on any atom is 0.104 e. The maximum atomic E-state index is 8.64. The number of hydrogen-bond acceptors (Lipinski definition) is 3. The van der Waals surface area contributed by atoms with Gasteiger partial charge >= 0.3 is 0 Å². The second-order valence-electron chi connectivity index (χ2n) is 3.78. The van der Waals surface area contributed by atoms with Crippen molar-refractivity contribution in [3.63, 3.8) is 0 Å². The molecule has 0 fully saturated rings. The van der Waals surface area contributed by atoms with Gasteiger partial charge in [0, 0.05) is 15.5 Å². The Morgan fingerprint density at radius 3 is 2.83 bits per heavy atom. The Kier molecular flexibility index (Phi) is 4.89. The van der Waals surface area contributed by atoms with E-state index < -0.39 is 0 Å². The Morgan fingerprint density at radius 2 is 2.06 bits per heavy atom. The number of rotatable bonds is 3. The highest BCUT2D eigenvalue weighted by Crippen LogP contribution is 2.28. The van der Waals surface area contributed by atoms with E-state index in [9.17, 15) is 0 Å². The van der Waals surface area contributed by atoms with E-state index in [2.05, 4.69) is 49.1 Å². The molecular weight excluding hydrogens is 260 g/mol. The molecule has 2 aromatic rings. The molecule has 0 saturated heterocycles. The summed E-state index contributed by atoms with van der Waals surface area (Å²) in [5, 5.41) is 8.64. The Labute approximate surface area is 116 Å². The van der Waals surface area contributed by atoms with E-state index >= 15 is 0 Å². The van der Waals surface area contributed by atoms with Crippen molar-refractivity contribution >= 4 is 23.1 Å². The lowest BCUT2D eigenvalue weighted by atomic mass is 10.2. The molecule has 0 spiro atoms. The van der Waals surface area contributed by atoms with E-state index in [-0.39, 0.29) is 6.61 Å². The van der Waals surface area contributed by atoms with Crippen molar-refractivity contribution in [1.82, 2.24) is 0 Å². The molecule has 92 valence electrons. The van der Waals surface area contributed by atoms with Gasteiger partial charge < -0.3 is 5.11 Å². The molecule has 1 nitrogen and oxygen atoms in total. The third-order valence-corrected chi connectivity index (χ3v) is 4.82. The Balaban J connectivity index is 1.98. The van der Waals surface area contributed by atoms with Gasteiger partial charge in [-0.25, -0.2) is 0 Å². The average molecular weight is 274 g/mol. The number of hydrogen-bond donors (Lipinski definition) is 1. The summed E-state index contributed by atoms with van der Waals surface area (Å²) in [4.78, 5) is 3.66. The van der Waals surface area contributed by atoms with Crippen LogP contribution in [0.25, 0.3) is 0 Å². The summed E-state index contributed by atoms with van der Waals surface area (Å²) in [7, 11) is 0. The van der Waals surface area contributed by atoms with E-state index in [0.29, 0.717) is 0 Å². The van der Waals surface area contributed by atoms with Crippen LogP contribution in [0.3, 0.4) is 0 Å². The number of aliphatic hydroxyl groups is 1. The van der Waals surface area contributed by atoms with Crippen LogP contribution in [0.5, 0.6) is 0 Å². The molecule has 1 N–H and O–H groups in total. The first-order chi connectivity index (χ1) is 8.79. The Hall–Kier alpha value is -1.21. The van der Waals surface area contributed by atoms with Gasteiger partial charge in [0.05, 0.1) is 4.88 Å². The molecule has 0 aliphatic heterocycles. The minimum atomic E-state index is -0.0782. The summed E-state index contributed by atoms with van der Waals surface area (Å²) in [5.41, 5.74) is 1.32. The summed E-state index contributed by atoms with van der Waals surface area (Å²) >= 11 is 3.54. The lowest BCUT2D eigenvalue weighted by Crippen LogP contribution is -1.79. The molecule has 0 atom stereocenters. The van der Waals surface area contributed by atoms with Crippen molar-refractivity contribution in [3.05, 3.63) is 51.7 Å². The third-order valence-electron chi connectivity index (χ3n) is 2.42. The van der Waals surface area contributed by atoms with Gasteiger partial charge in [-0.2, -0.15) is 0 Å². The zero-order chi connectivity index (χ0) is 12.8. The molecule has 18 heavy (non-hydrogen) atoms. The van der Waals surface area contributed by atoms with Gasteiger partial charge in [-0.1, -0.05) is 30.0 Å². The molecule has 0 unspecified atom stereocenters. The first-order valence-corrected chi connectivity index (χ1v) is 7.46. The molecule has 2 rings (SSSR count). The lowest BCUT2D eigenvalue weighted by Gasteiger charge is -2.03. The van der Waals surface area contributed by atoms with E-state index in [0.717, 1.165) is 10.6 Å². The number of thioether (sulfide) groups is 1. The fourth-order valence-corrected chi connectivity index (χ4v) is 3.47. The summed E-state index contributed by atoms with van der Waals surface area (Å²) in [6, 6.07) is 12.5. The van der Waals surface area contributed by atoms with E-state index in [4.69, 9.17) is 5.11 Å². The van der Waals surface area contributed by atoms with Crippen LogP contribution in [-0.2, 0) is 5.75 Å². The van der Waals surface area contributed by atoms with Gasteiger partial charge in [0.25, 0.3) is 0 Å². The number of thiophene rings is 1. The fourth-order valence-electron chi connectivity index (χ4n) is 1.52. The minimum Gasteiger partial charge on any atom is -0.384 e. The van der Waals surface area contributed by atoms with Gasteiger partial charge in [-0.05, 0) is 30.7 Å². The SMILES string of the molecule is Cc1ccccc1SCc1ccc(C#CCO)s1. The summed E-state index contributed by atoms with van der Waals surface area (Å²) in [5.74, 6) is 6.57. The monoisotopic (exact) mass is 274 g/mol. The second-order valence-corrected chi connectivity index (χ2v) is 5.97. The summed E-state index contributed by atoms with van der Waals surface area (Å²) in [6.07, 6.45) is 0. The van der Waals surface area contributed by atoms with Crippen molar-refractivity contribution in [2.45, 2.75) is 17.6 Å². The molecule has 0 aliphatic rings. The molecule has 1 aromatic carbocycles. The predicted octanol–water partition coefficient (Wildman–Crippen LogP) is 3.69. The largest absolute Gasteiger partial charge is 0.384 e. The molecule has 0 aliphatic carbocycles. The fraction of sp³-hybridized carbons (Fsp3) is 0.200. The normalized spacial score (nSPS) is 9.89.